The molecule has 0 spiro atoms. The molecular formula is C21H20N4O4. The van der Waals surface area contributed by atoms with Crippen molar-refractivity contribution in [3.63, 3.8) is 0 Å². The Hall–Kier alpha value is -3.65. The van der Waals surface area contributed by atoms with Gasteiger partial charge in [-0.1, -0.05) is 12.1 Å². The van der Waals surface area contributed by atoms with Crippen molar-refractivity contribution >= 4 is 17.6 Å². The average Bonchev–Trinajstić information content (AvgIpc) is 3.11. The molecule has 0 fully saturated rings. The van der Waals surface area contributed by atoms with Crippen molar-refractivity contribution in [2.45, 2.75) is 25.3 Å². The Kier molecular flexibility index (Phi) is 4.77. The molecule has 5 N–H and O–H groups in total. The number of aromatic hydroxyl groups is 1. The topological polar surface area (TPSA) is 130 Å². The van der Waals surface area contributed by atoms with E-state index in [0.717, 1.165) is 35.3 Å². The van der Waals surface area contributed by atoms with Crippen molar-refractivity contribution in [2.24, 2.45) is 5.73 Å². The van der Waals surface area contributed by atoms with Crippen molar-refractivity contribution in [3.05, 3.63) is 71.0 Å². The third kappa shape index (κ3) is 3.57. The van der Waals surface area contributed by atoms with Crippen LogP contribution >= 0.6 is 0 Å². The zero-order valence-electron chi connectivity index (χ0n) is 15.5. The van der Waals surface area contributed by atoms with E-state index in [2.05, 4.69) is 10.4 Å². The summed E-state index contributed by atoms with van der Waals surface area (Å²) in [5.41, 5.74) is 10.1. The van der Waals surface area contributed by atoms with Crippen molar-refractivity contribution in [2.75, 3.05) is 5.32 Å². The van der Waals surface area contributed by atoms with Gasteiger partial charge in [0.25, 0.3) is 0 Å². The number of anilines is 1. The molecule has 1 aromatic heterocycles. The summed E-state index contributed by atoms with van der Waals surface area (Å²) in [6.45, 7) is 0. The number of rotatable bonds is 5. The molecule has 3 aromatic rings. The number of aryl methyl sites for hydroxylation is 1. The fourth-order valence-corrected chi connectivity index (χ4v) is 3.62. The maximum atomic E-state index is 12.5. The Labute approximate surface area is 166 Å². The van der Waals surface area contributed by atoms with E-state index in [1.165, 1.54) is 12.1 Å². The number of nitrogens with one attached hydrogen (secondary N) is 1. The van der Waals surface area contributed by atoms with Crippen LogP contribution in [0.15, 0.2) is 48.7 Å². The number of carbonyl (C=O) groups is 2. The van der Waals surface area contributed by atoms with Gasteiger partial charge in [0, 0.05) is 5.69 Å². The minimum Gasteiger partial charge on any atom is -0.508 e. The van der Waals surface area contributed by atoms with E-state index in [4.69, 9.17) is 5.73 Å². The Balaban J connectivity index is 1.52. The number of aromatic nitrogens is 2. The molecule has 0 radical (unpaired) electrons. The number of fused-ring (bicyclic) bond motifs is 3. The second-order valence-corrected chi connectivity index (χ2v) is 6.99. The van der Waals surface area contributed by atoms with Crippen LogP contribution in [0.25, 0.3) is 5.69 Å². The summed E-state index contributed by atoms with van der Waals surface area (Å²) in [6, 6.07) is 10.5. The number of aromatic carboxylic acids is 1. The zero-order chi connectivity index (χ0) is 20.5. The second kappa shape index (κ2) is 7.40. The SMILES string of the molecule is NC(Cc1cnn2c1CCc1cc(O)ccc1-2)C(=O)Nc1ccccc1C(=O)O. The molecule has 1 atom stereocenters. The number of carboxylic acids is 1. The molecule has 0 saturated heterocycles. The second-order valence-electron chi connectivity index (χ2n) is 6.99. The predicted octanol–water partition coefficient (Wildman–Crippen LogP) is 1.88. The molecule has 148 valence electrons. The lowest BCUT2D eigenvalue weighted by molar-refractivity contribution is -0.117. The minimum absolute atomic E-state index is 0.0100. The number of nitrogens with zero attached hydrogens (tertiary/aromatic N) is 2. The first-order valence-electron chi connectivity index (χ1n) is 9.21. The molecule has 2 aromatic carbocycles. The molecule has 0 saturated carbocycles. The van der Waals surface area contributed by atoms with Gasteiger partial charge in [-0.15, -0.1) is 0 Å². The van der Waals surface area contributed by atoms with Gasteiger partial charge >= 0.3 is 5.97 Å². The van der Waals surface area contributed by atoms with E-state index in [0.29, 0.717) is 0 Å². The van der Waals surface area contributed by atoms with Gasteiger partial charge in [0.05, 0.1) is 29.2 Å². The largest absolute Gasteiger partial charge is 0.508 e. The third-order valence-corrected chi connectivity index (χ3v) is 5.07. The van der Waals surface area contributed by atoms with Crippen LogP contribution in [0.1, 0.15) is 27.2 Å². The van der Waals surface area contributed by atoms with E-state index in [1.807, 2.05) is 10.7 Å². The van der Waals surface area contributed by atoms with E-state index in [9.17, 15) is 19.8 Å². The summed E-state index contributed by atoms with van der Waals surface area (Å²) in [5, 5.41) is 26.0. The van der Waals surface area contributed by atoms with Gasteiger partial charge in [0.15, 0.2) is 0 Å². The monoisotopic (exact) mass is 392 g/mol. The molecule has 2 heterocycles. The number of para-hydroxylation sites is 1. The lowest BCUT2D eigenvalue weighted by Gasteiger charge is -2.20. The Bertz CT molecular complexity index is 1110. The summed E-state index contributed by atoms with van der Waals surface area (Å²) in [4.78, 5) is 23.8. The lowest BCUT2D eigenvalue weighted by atomic mass is 9.97. The highest BCUT2D eigenvalue weighted by atomic mass is 16.4. The van der Waals surface area contributed by atoms with E-state index in [1.54, 1.807) is 30.5 Å². The molecule has 1 amide bonds. The highest BCUT2D eigenvalue weighted by molar-refractivity contribution is 6.02. The van der Waals surface area contributed by atoms with Gasteiger partial charge in [-0.05, 0) is 60.7 Å². The lowest BCUT2D eigenvalue weighted by Crippen LogP contribution is -2.38. The number of benzene rings is 2. The van der Waals surface area contributed by atoms with Crippen molar-refractivity contribution in [1.29, 1.82) is 0 Å². The molecule has 8 nitrogen and oxygen atoms in total. The number of hydrogen-bond acceptors (Lipinski definition) is 5. The van der Waals surface area contributed by atoms with Crippen LogP contribution in [-0.4, -0.2) is 37.9 Å². The van der Waals surface area contributed by atoms with Gasteiger partial charge in [-0.25, -0.2) is 9.48 Å². The molecule has 4 rings (SSSR count). The number of carbonyl (C=O) groups excluding carboxylic acids is 1. The van der Waals surface area contributed by atoms with Gasteiger partial charge in [0.2, 0.25) is 5.91 Å². The summed E-state index contributed by atoms with van der Waals surface area (Å²) in [5.74, 6) is -1.36. The van der Waals surface area contributed by atoms with Crippen LogP contribution in [0.4, 0.5) is 5.69 Å². The quantitative estimate of drug-likeness (QED) is 0.524. The standard InChI is InChI=1S/C21H20N4O4/c22-16(20(27)24-17-4-2-1-3-15(17)21(28)29)10-13-11-23-25-18-8-6-14(26)9-12(18)5-7-19(13)25/h1-4,6,8-9,11,16,26H,5,7,10,22H2,(H,24,27)(H,28,29). The van der Waals surface area contributed by atoms with Crippen molar-refractivity contribution in [3.8, 4) is 11.4 Å². The van der Waals surface area contributed by atoms with Gasteiger partial charge in [-0.3, -0.25) is 4.79 Å². The Morgan fingerprint density at radius 1 is 1.21 bits per heavy atom. The van der Waals surface area contributed by atoms with Crippen LogP contribution in [0.5, 0.6) is 5.75 Å². The van der Waals surface area contributed by atoms with Crippen LogP contribution < -0.4 is 11.1 Å². The predicted molar refractivity (Wildman–Crippen MR) is 106 cm³/mol. The molecule has 8 heteroatoms. The van der Waals surface area contributed by atoms with Gasteiger partial charge in [0.1, 0.15) is 5.75 Å². The smallest absolute Gasteiger partial charge is 0.337 e. The molecule has 1 unspecified atom stereocenters. The summed E-state index contributed by atoms with van der Waals surface area (Å²) in [7, 11) is 0. The van der Waals surface area contributed by atoms with Crippen molar-refractivity contribution < 1.29 is 19.8 Å². The number of amides is 1. The molecular weight excluding hydrogens is 372 g/mol. The number of nitrogens with two attached hydrogens (primary N) is 1. The zero-order valence-corrected chi connectivity index (χ0v) is 15.5. The van der Waals surface area contributed by atoms with Crippen molar-refractivity contribution in [1.82, 2.24) is 9.78 Å². The van der Waals surface area contributed by atoms with Crippen LogP contribution in [-0.2, 0) is 24.1 Å². The first-order chi connectivity index (χ1) is 13.9. The maximum absolute atomic E-state index is 12.5. The first-order valence-corrected chi connectivity index (χ1v) is 9.21. The van der Waals surface area contributed by atoms with Crippen LogP contribution in [0.2, 0.25) is 0 Å². The fourth-order valence-electron chi connectivity index (χ4n) is 3.62. The summed E-state index contributed by atoms with van der Waals surface area (Å²) in [6.07, 6.45) is 3.47. The third-order valence-electron chi connectivity index (χ3n) is 5.07. The van der Waals surface area contributed by atoms with Crippen LogP contribution in [0.3, 0.4) is 0 Å². The highest BCUT2D eigenvalue weighted by Crippen LogP contribution is 2.29. The minimum atomic E-state index is -1.12. The highest BCUT2D eigenvalue weighted by Gasteiger charge is 2.24. The first kappa shape index (κ1) is 18.7. The summed E-state index contributed by atoms with van der Waals surface area (Å²) < 4.78 is 1.82. The maximum Gasteiger partial charge on any atom is 0.337 e. The number of carboxylic acid groups (broad SMARTS) is 1. The molecule has 1 aliphatic rings. The van der Waals surface area contributed by atoms with Gasteiger partial charge in [-0.2, -0.15) is 5.10 Å². The summed E-state index contributed by atoms with van der Waals surface area (Å²) >= 11 is 0. The van der Waals surface area contributed by atoms with Crippen LogP contribution in [0, 0.1) is 0 Å². The number of hydrogen-bond donors (Lipinski definition) is 4. The molecule has 0 bridgehead atoms. The van der Waals surface area contributed by atoms with E-state index in [-0.39, 0.29) is 23.4 Å². The number of phenolic OH excluding ortho intramolecular Hbond substituents is 1. The normalized spacial score (nSPS) is 13.3. The molecule has 29 heavy (non-hydrogen) atoms. The Morgan fingerprint density at radius 3 is 2.79 bits per heavy atom. The average molecular weight is 392 g/mol. The van der Waals surface area contributed by atoms with E-state index < -0.39 is 17.9 Å². The Morgan fingerprint density at radius 2 is 2.00 bits per heavy atom. The molecule has 0 aliphatic carbocycles. The molecule has 1 aliphatic heterocycles. The van der Waals surface area contributed by atoms with E-state index >= 15 is 0 Å². The van der Waals surface area contributed by atoms with Gasteiger partial charge < -0.3 is 21.3 Å². The number of phenols is 1. The fraction of sp³-hybridized carbons (Fsp3) is 0.190.